The Kier molecular flexibility index (Phi) is 5.73. The summed E-state index contributed by atoms with van der Waals surface area (Å²) in [5.41, 5.74) is 0.525. The summed E-state index contributed by atoms with van der Waals surface area (Å²) in [4.78, 5) is 37.7. The molecular weight excluding hydrogens is 296 g/mol. The van der Waals surface area contributed by atoms with E-state index >= 15 is 0 Å². The average Bonchev–Trinajstić information content (AvgIpc) is 2.61. The highest BCUT2D eigenvalue weighted by Gasteiger charge is 2.30. The van der Waals surface area contributed by atoms with E-state index in [-0.39, 0.29) is 23.7 Å². The van der Waals surface area contributed by atoms with Gasteiger partial charge in [0.05, 0.1) is 13.0 Å². The van der Waals surface area contributed by atoms with Gasteiger partial charge in [-0.2, -0.15) is 0 Å². The molecule has 0 saturated carbocycles. The van der Waals surface area contributed by atoms with E-state index in [0.717, 1.165) is 0 Å². The number of amides is 2. The van der Waals surface area contributed by atoms with Crippen LogP contribution in [-0.2, 0) is 14.3 Å². The maximum absolute atomic E-state index is 12.4. The van der Waals surface area contributed by atoms with Gasteiger partial charge in [0.2, 0.25) is 5.91 Å². The topological polar surface area (TPSA) is 75.7 Å². The molecule has 0 spiro atoms. The maximum atomic E-state index is 12.4. The molecule has 1 aliphatic heterocycles. The Bertz CT molecular complexity index is 565. The number of nitrogens with one attached hydrogen (secondary N) is 1. The number of rotatable bonds is 4. The molecule has 1 unspecified atom stereocenters. The van der Waals surface area contributed by atoms with Crippen LogP contribution in [0.2, 0.25) is 0 Å². The summed E-state index contributed by atoms with van der Waals surface area (Å²) >= 11 is 0. The number of carbonyl (C=O) groups excluding carboxylic acids is 3. The molecule has 1 aromatic carbocycles. The first-order valence-corrected chi connectivity index (χ1v) is 7.75. The van der Waals surface area contributed by atoms with Crippen molar-refractivity contribution in [2.45, 2.75) is 25.8 Å². The van der Waals surface area contributed by atoms with Crippen LogP contribution in [0, 0.1) is 5.92 Å². The molecule has 124 valence electrons. The minimum atomic E-state index is -0.600. The Morgan fingerprint density at radius 3 is 2.35 bits per heavy atom. The van der Waals surface area contributed by atoms with Crippen LogP contribution in [0.15, 0.2) is 30.3 Å². The highest BCUT2D eigenvalue weighted by Crippen LogP contribution is 2.19. The van der Waals surface area contributed by atoms with Crippen molar-refractivity contribution in [2.75, 3.05) is 20.2 Å². The third kappa shape index (κ3) is 4.31. The van der Waals surface area contributed by atoms with Crippen LogP contribution < -0.4 is 5.32 Å². The van der Waals surface area contributed by atoms with Crippen LogP contribution in [0.3, 0.4) is 0 Å². The quantitative estimate of drug-likeness (QED) is 0.847. The van der Waals surface area contributed by atoms with Crippen molar-refractivity contribution in [3.63, 3.8) is 0 Å². The second-order valence-corrected chi connectivity index (χ2v) is 5.68. The number of methoxy groups -OCH3 is 1. The van der Waals surface area contributed by atoms with Crippen molar-refractivity contribution >= 4 is 17.8 Å². The Morgan fingerprint density at radius 1 is 1.17 bits per heavy atom. The zero-order chi connectivity index (χ0) is 16.8. The van der Waals surface area contributed by atoms with Gasteiger partial charge in [0, 0.05) is 18.7 Å². The van der Waals surface area contributed by atoms with Crippen LogP contribution in [0.4, 0.5) is 0 Å². The van der Waals surface area contributed by atoms with Crippen LogP contribution in [0.1, 0.15) is 30.1 Å². The van der Waals surface area contributed by atoms with Gasteiger partial charge >= 0.3 is 5.97 Å². The van der Waals surface area contributed by atoms with Crippen molar-refractivity contribution in [1.29, 1.82) is 0 Å². The molecule has 1 saturated heterocycles. The minimum Gasteiger partial charge on any atom is -0.469 e. The van der Waals surface area contributed by atoms with Crippen molar-refractivity contribution in [2.24, 2.45) is 5.92 Å². The Labute approximate surface area is 135 Å². The molecule has 1 aromatic rings. The molecule has 0 radical (unpaired) electrons. The predicted octanol–water partition coefficient (Wildman–Crippen LogP) is 1.22. The lowest BCUT2D eigenvalue weighted by molar-refractivity contribution is -0.149. The molecule has 0 aliphatic carbocycles. The van der Waals surface area contributed by atoms with Gasteiger partial charge in [-0.15, -0.1) is 0 Å². The summed E-state index contributed by atoms with van der Waals surface area (Å²) in [6, 6.07) is 8.19. The molecule has 23 heavy (non-hydrogen) atoms. The number of nitrogens with zero attached hydrogens (tertiary/aromatic N) is 1. The van der Waals surface area contributed by atoms with Gasteiger partial charge in [0.15, 0.2) is 0 Å². The van der Waals surface area contributed by atoms with Crippen LogP contribution >= 0.6 is 0 Å². The molecule has 0 aromatic heterocycles. The van der Waals surface area contributed by atoms with E-state index in [4.69, 9.17) is 4.74 Å². The third-order valence-corrected chi connectivity index (χ3v) is 4.10. The maximum Gasteiger partial charge on any atom is 0.308 e. The van der Waals surface area contributed by atoms with Crippen molar-refractivity contribution in [3.05, 3.63) is 35.9 Å². The second-order valence-electron chi connectivity index (χ2n) is 5.68. The highest BCUT2D eigenvalue weighted by molar-refractivity contribution is 5.97. The Morgan fingerprint density at radius 2 is 1.78 bits per heavy atom. The van der Waals surface area contributed by atoms with Crippen molar-refractivity contribution in [1.82, 2.24) is 10.2 Å². The number of hydrogen-bond acceptors (Lipinski definition) is 4. The molecule has 2 amide bonds. The first-order chi connectivity index (χ1) is 11.0. The van der Waals surface area contributed by atoms with Crippen LogP contribution in [0.25, 0.3) is 0 Å². The van der Waals surface area contributed by atoms with Crippen LogP contribution in [-0.4, -0.2) is 48.9 Å². The van der Waals surface area contributed by atoms with Gasteiger partial charge in [-0.3, -0.25) is 14.4 Å². The molecule has 2 rings (SSSR count). The summed E-state index contributed by atoms with van der Waals surface area (Å²) < 4.78 is 4.74. The number of esters is 1. The standard InChI is InChI=1S/C17H22N2O4/c1-12(18-15(20)13-6-4-3-5-7-13)16(21)19-10-8-14(9-11-19)17(22)23-2/h3-7,12,14H,8-11H2,1-2H3,(H,18,20). The van der Waals surface area contributed by atoms with Gasteiger partial charge in [-0.1, -0.05) is 18.2 Å². The summed E-state index contributed by atoms with van der Waals surface area (Å²) in [5.74, 6) is -0.755. The molecule has 1 fully saturated rings. The van der Waals surface area contributed by atoms with E-state index in [1.54, 1.807) is 36.1 Å². The number of ether oxygens (including phenoxy) is 1. The Hall–Kier alpha value is -2.37. The SMILES string of the molecule is COC(=O)C1CCN(C(=O)C(C)NC(=O)c2ccccc2)CC1. The summed E-state index contributed by atoms with van der Waals surface area (Å²) in [6.07, 6.45) is 1.19. The van der Waals surface area contributed by atoms with Gasteiger partial charge in [0.25, 0.3) is 5.91 Å². The largest absolute Gasteiger partial charge is 0.469 e. The molecule has 1 aliphatic rings. The lowest BCUT2D eigenvalue weighted by atomic mass is 9.96. The summed E-state index contributed by atoms with van der Waals surface area (Å²) in [6.45, 7) is 2.68. The van der Waals surface area contributed by atoms with Gasteiger partial charge < -0.3 is 15.0 Å². The molecule has 0 bridgehead atoms. The van der Waals surface area contributed by atoms with E-state index in [0.29, 0.717) is 31.5 Å². The van der Waals surface area contributed by atoms with Crippen molar-refractivity contribution < 1.29 is 19.1 Å². The first kappa shape index (κ1) is 17.0. The molecule has 1 heterocycles. The lowest BCUT2D eigenvalue weighted by Gasteiger charge is -2.32. The molecule has 1 atom stereocenters. The zero-order valence-corrected chi connectivity index (χ0v) is 13.5. The smallest absolute Gasteiger partial charge is 0.308 e. The minimum absolute atomic E-state index is 0.127. The van der Waals surface area contributed by atoms with Gasteiger partial charge in [-0.05, 0) is 31.9 Å². The van der Waals surface area contributed by atoms with E-state index in [1.165, 1.54) is 7.11 Å². The normalized spacial score (nSPS) is 16.5. The number of piperidine rings is 1. The molecular formula is C17H22N2O4. The lowest BCUT2D eigenvalue weighted by Crippen LogP contribution is -2.50. The number of carbonyl (C=O) groups is 3. The number of benzene rings is 1. The third-order valence-electron chi connectivity index (χ3n) is 4.10. The first-order valence-electron chi connectivity index (χ1n) is 7.75. The fourth-order valence-electron chi connectivity index (χ4n) is 2.71. The predicted molar refractivity (Wildman–Crippen MR) is 84.7 cm³/mol. The number of hydrogen-bond donors (Lipinski definition) is 1. The molecule has 1 N–H and O–H groups in total. The van der Waals surface area contributed by atoms with E-state index < -0.39 is 6.04 Å². The second kappa shape index (κ2) is 7.76. The van der Waals surface area contributed by atoms with Gasteiger partial charge in [0.1, 0.15) is 6.04 Å². The monoisotopic (exact) mass is 318 g/mol. The zero-order valence-electron chi connectivity index (χ0n) is 13.5. The van der Waals surface area contributed by atoms with Crippen LogP contribution in [0.5, 0.6) is 0 Å². The van der Waals surface area contributed by atoms with E-state index in [9.17, 15) is 14.4 Å². The van der Waals surface area contributed by atoms with Crippen molar-refractivity contribution in [3.8, 4) is 0 Å². The number of likely N-dealkylation sites (tertiary alicyclic amines) is 1. The summed E-state index contributed by atoms with van der Waals surface area (Å²) in [7, 11) is 1.38. The summed E-state index contributed by atoms with van der Waals surface area (Å²) in [5, 5.41) is 2.72. The van der Waals surface area contributed by atoms with E-state index in [2.05, 4.69) is 5.32 Å². The average molecular weight is 318 g/mol. The Balaban J connectivity index is 1.86. The van der Waals surface area contributed by atoms with Gasteiger partial charge in [-0.25, -0.2) is 0 Å². The molecule has 6 nitrogen and oxygen atoms in total. The highest BCUT2D eigenvalue weighted by atomic mass is 16.5. The fourth-order valence-corrected chi connectivity index (χ4v) is 2.71. The molecule has 6 heteroatoms. The van der Waals surface area contributed by atoms with E-state index in [1.807, 2.05) is 6.07 Å². The fraction of sp³-hybridized carbons (Fsp3) is 0.471.